The number of hydrogen-bond donors (Lipinski definition) is 0. The third-order valence-corrected chi connectivity index (χ3v) is 12.7. The van der Waals surface area contributed by atoms with Gasteiger partial charge in [0.15, 0.2) is 12.1 Å². The molecule has 0 saturated carbocycles. The van der Waals surface area contributed by atoms with Crippen molar-refractivity contribution in [3.05, 3.63) is 48.0 Å². The van der Waals surface area contributed by atoms with Gasteiger partial charge >= 0.3 is 8.56 Å². The summed E-state index contributed by atoms with van der Waals surface area (Å²) in [5.41, 5.74) is 1.05. The number of fused-ring (bicyclic) bond motifs is 2. The molecule has 5 rings (SSSR count). The molecule has 4 aliphatic rings. The highest BCUT2D eigenvalue weighted by atomic mass is 28.4. The molecule has 4 heterocycles. The summed E-state index contributed by atoms with van der Waals surface area (Å²) in [6.45, 7) is 18.0. The maximum absolute atomic E-state index is 6.72. The van der Waals surface area contributed by atoms with Crippen LogP contribution in [0.15, 0.2) is 42.5 Å². The molecule has 0 radical (unpaired) electrons. The van der Waals surface area contributed by atoms with Gasteiger partial charge in [0.25, 0.3) is 0 Å². The fourth-order valence-electron chi connectivity index (χ4n) is 6.10. The normalized spacial score (nSPS) is 35.5. The van der Waals surface area contributed by atoms with Crippen LogP contribution in [0.2, 0.25) is 10.1 Å². The van der Waals surface area contributed by atoms with Crippen molar-refractivity contribution in [2.75, 3.05) is 13.2 Å². The Labute approximate surface area is 233 Å². The first-order chi connectivity index (χ1) is 18.3. The van der Waals surface area contributed by atoms with Crippen molar-refractivity contribution in [1.82, 2.24) is 0 Å². The summed E-state index contributed by atoms with van der Waals surface area (Å²) in [7, 11) is -2.58. The summed E-state index contributed by atoms with van der Waals surface area (Å²) in [4.78, 5) is 11.2. The van der Waals surface area contributed by atoms with E-state index < -0.39 is 33.0 Å². The Morgan fingerprint density at radius 1 is 0.923 bits per heavy atom. The predicted molar refractivity (Wildman–Crippen MR) is 145 cm³/mol. The molecule has 1 aromatic carbocycles. The third kappa shape index (κ3) is 6.06. The monoisotopic (exact) mass is 564 g/mol. The Balaban J connectivity index is 1.15. The summed E-state index contributed by atoms with van der Waals surface area (Å²) < 4.78 is 43.8. The minimum atomic E-state index is -2.58. The van der Waals surface area contributed by atoms with Gasteiger partial charge < -0.3 is 32.5 Å². The average molecular weight is 565 g/mol. The van der Waals surface area contributed by atoms with Crippen LogP contribution in [0.4, 0.5) is 0 Å². The minimum absolute atomic E-state index is 0.0943. The second-order valence-corrected chi connectivity index (χ2v) is 18.0. The molecule has 0 bridgehead atoms. The Hall–Kier alpha value is -1.18. The molecule has 7 atom stereocenters. The van der Waals surface area contributed by atoms with Crippen LogP contribution in [0.25, 0.3) is 0 Å². The van der Waals surface area contributed by atoms with Gasteiger partial charge in [0.2, 0.25) is 6.29 Å². The van der Waals surface area contributed by atoms with Gasteiger partial charge in [0, 0.05) is 10.1 Å². The summed E-state index contributed by atoms with van der Waals surface area (Å²) in [5, 5.41) is -0.189. The highest BCUT2D eigenvalue weighted by Gasteiger charge is 2.62. The Bertz CT molecular complexity index is 988. The fourth-order valence-corrected chi connectivity index (χ4v) is 11.0. The summed E-state index contributed by atoms with van der Waals surface area (Å²) in [5.74, 6) is -0.740. The molecule has 39 heavy (non-hydrogen) atoms. The van der Waals surface area contributed by atoms with Crippen LogP contribution in [-0.2, 0) is 48.9 Å². The molecule has 9 nitrogen and oxygen atoms in total. The number of hydrogen-bond acceptors (Lipinski definition) is 9. The molecule has 0 aromatic heterocycles. The summed E-state index contributed by atoms with van der Waals surface area (Å²) in [6, 6.07) is 9.95. The molecule has 0 aliphatic carbocycles. The molecule has 4 aliphatic heterocycles. The van der Waals surface area contributed by atoms with Gasteiger partial charge in [-0.25, -0.2) is 4.89 Å². The summed E-state index contributed by atoms with van der Waals surface area (Å²) >= 11 is 0. The van der Waals surface area contributed by atoms with E-state index in [2.05, 4.69) is 41.5 Å². The lowest BCUT2D eigenvalue weighted by molar-refractivity contribution is -0.387. The average Bonchev–Trinajstić information content (AvgIpc) is 3.34. The lowest BCUT2D eigenvalue weighted by Crippen LogP contribution is -2.65. The van der Waals surface area contributed by atoms with Gasteiger partial charge in [-0.2, -0.15) is 4.89 Å². The van der Waals surface area contributed by atoms with Crippen molar-refractivity contribution in [3.63, 3.8) is 0 Å². The highest BCUT2D eigenvalue weighted by molar-refractivity contribution is 6.73. The van der Waals surface area contributed by atoms with Crippen LogP contribution < -0.4 is 0 Å². The van der Waals surface area contributed by atoms with Crippen LogP contribution in [0.1, 0.15) is 61.0 Å². The third-order valence-electron chi connectivity index (χ3n) is 7.62. The maximum Gasteiger partial charge on any atom is 0.349 e. The Morgan fingerprint density at radius 2 is 1.62 bits per heavy atom. The topological polar surface area (TPSA) is 83.1 Å². The van der Waals surface area contributed by atoms with Crippen LogP contribution in [-0.4, -0.2) is 70.7 Å². The van der Waals surface area contributed by atoms with E-state index in [4.69, 9.17) is 42.3 Å². The molecule has 218 valence electrons. The number of rotatable bonds is 7. The smallest absolute Gasteiger partial charge is 0.349 e. The molecule has 0 N–H and O–H groups in total. The standard InChI is InChI=1S/C29H44O9Si/c1-27(2,3)39(28(4,5)6)32-18-21-20(38-39)14-15-23(33-21)37-31-17-22-24-25(36-29(7,8)35-24)26(34-22)30-16-19-12-10-9-11-13-19/h9-15,20-26H,16-18H2,1-8H3/t20-,21-,22-,23-,24-,25-,26-/m1/s1. The molecule has 0 unspecified atom stereocenters. The van der Waals surface area contributed by atoms with E-state index in [9.17, 15) is 0 Å². The molecule has 10 heteroatoms. The molecule has 3 saturated heterocycles. The molecule has 0 spiro atoms. The van der Waals surface area contributed by atoms with E-state index in [1.54, 1.807) is 0 Å². The van der Waals surface area contributed by atoms with Crippen molar-refractivity contribution >= 4 is 8.56 Å². The van der Waals surface area contributed by atoms with Crippen LogP contribution in [0, 0.1) is 0 Å². The second kappa shape index (κ2) is 10.9. The zero-order chi connectivity index (χ0) is 28.1. The van der Waals surface area contributed by atoms with Crippen LogP contribution >= 0.6 is 0 Å². The van der Waals surface area contributed by atoms with Gasteiger partial charge in [0.05, 0.1) is 19.3 Å². The lowest BCUT2D eigenvalue weighted by atomic mass is 10.1. The van der Waals surface area contributed by atoms with E-state index in [1.165, 1.54) is 0 Å². The van der Waals surface area contributed by atoms with E-state index in [1.807, 2.05) is 56.3 Å². The molecule has 0 amide bonds. The first kappa shape index (κ1) is 29.3. The van der Waals surface area contributed by atoms with Gasteiger partial charge in [-0.3, -0.25) is 0 Å². The van der Waals surface area contributed by atoms with Crippen molar-refractivity contribution in [2.45, 2.75) is 121 Å². The van der Waals surface area contributed by atoms with E-state index in [-0.39, 0.29) is 41.1 Å². The SMILES string of the molecule is CC1(C)O[C@H]2[C@H](OCc3ccccc3)O[C@H](COO[C@@H]3C=C[C@H]4O[Si](C(C)(C)C)(C(C)(C)C)OC[C@H]4O3)[C@H]2O1. The minimum Gasteiger partial charge on any atom is -0.391 e. The van der Waals surface area contributed by atoms with E-state index in [0.717, 1.165) is 5.56 Å². The van der Waals surface area contributed by atoms with Crippen molar-refractivity contribution < 1.29 is 42.3 Å². The van der Waals surface area contributed by atoms with E-state index >= 15 is 0 Å². The van der Waals surface area contributed by atoms with Gasteiger partial charge in [-0.05, 0) is 25.5 Å². The Morgan fingerprint density at radius 3 is 2.31 bits per heavy atom. The van der Waals surface area contributed by atoms with Crippen molar-refractivity contribution in [3.8, 4) is 0 Å². The quantitative estimate of drug-likeness (QED) is 0.194. The lowest BCUT2D eigenvalue weighted by Gasteiger charge is -2.54. The van der Waals surface area contributed by atoms with Gasteiger partial charge in [-0.15, -0.1) is 0 Å². The maximum atomic E-state index is 6.72. The van der Waals surface area contributed by atoms with Crippen LogP contribution in [0.3, 0.4) is 0 Å². The Kier molecular flexibility index (Phi) is 8.20. The summed E-state index contributed by atoms with van der Waals surface area (Å²) in [6.07, 6.45) is 0.986. The largest absolute Gasteiger partial charge is 0.391 e. The number of ether oxygens (including phenoxy) is 5. The van der Waals surface area contributed by atoms with Crippen molar-refractivity contribution in [1.29, 1.82) is 0 Å². The zero-order valence-electron chi connectivity index (χ0n) is 24.4. The second-order valence-electron chi connectivity index (χ2n) is 13.2. The molecular formula is C29H44O9Si. The van der Waals surface area contributed by atoms with E-state index in [0.29, 0.717) is 13.2 Å². The molecule has 1 aromatic rings. The molecule has 3 fully saturated rings. The number of benzene rings is 1. The van der Waals surface area contributed by atoms with Crippen LogP contribution in [0.5, 0.6) is 0 Å². The first-order valence-corrected chi connectivity index (χ1v) is 15.7. The first-order valence-electron chi connectivity index (χ1n) is 13.9. The van der Waals surface area contributed by atoms with Gasteiger partial charge in [-0.1, -0.05) is 78.0 Å². The highest BCUT2D eigenvalue weighted by Crippen LogP contribution is 2.54. The van der Waals surface area contributed by atoms with Gasteiger partial charge in [0.1, 0.15) is 31.0 Å². The fraction of sp³-hybridized carbons (Fsp3) is 0.724. The van der Waals surface area contributed by atoms with Crippen molar-refractivity contribution in [2.24, 2.45) is 0 Å². The molecular weight excluding hydrogens is 520 g/mol. The zero-order valence-corrected chi connectivity index (χ0v) is 25.4. The predicted octanol–water partition coefficient (Wildman–Crippen LogP) is 5.14.